The molecule has 0 atom stereocenters. The van der Waals surface area contributed by atoms with Crippen molar-refractivity contribution in [2.75, 3.05) is 41.3 Å². The summed E-state index contributed by atoms with van der Waals surface area (Å²) in [6, 6.07) is 15.0. The second-order valence-electron chi connectivity index (χ2n) is 6.72. The van der Waals surface area contributed by atoms with E-state index in [4.69, 9.17) is 5.11 Å². The molecule has 29 heavy (non-hydrogen) atoms. The van der Waals surface area contributed by atoms with E-state index in [0.717, 1.165) is 37.7 Å². The predicted molar refractivity (Wildman–Crippen MR) is 110 cm³/mol. The summed E-state index contributed by atoms with van der Waals surface area (Å²) in [6.07, 6.45) is 1.49. The second kappa shape index (κ2) is 8.14. The molecule has 2 heterocycles. The Morgan fingerprint density at radius 1 is 0.966 bits per heavy atom. The van der Waals surface area contributed by atoms with E-state index in [1.165, 1.54) is 18.5 Å². The van der Waals surface area contributed by atoms with Gasteiger partial charge in [-0.3, -0.25) is 0 Å². The van der Waals surface area contributed by atoms with Crippen LogP contribution in [0.4, 0.5) is 27.4 Å². The Labute approximate surface area is 167 Å². The molecular formula is C21H20FN5O2. The minimum atomic E-state index is -0.976. The summed E-state index contributed by atoms with van der Waals surface area (Å²) in [7, 11) is 0. The number of aromatic carboxylic acids is 1. The van der Waals surface area contributed by atoms with Gasteiger partial charge in [0.05, 0.1) is 5.56 Å². The van der Waals surface area contributed by atoms with E-state index >= 15 is 0 Å². The third kappa shape index (κ3) is 4.43. The molecule has 1 aromatic heterocycles. The summed E-state index contributed by atoms with van der Waals surface area (Å²) >= 11 is 0. The zero-order chi connectivity index (χ0) is 20.2. The van der Waals surface area contributed by atoms with Crippen LogP contribution >= 0.6 is 0 Å². The quantitative estimate of drug-likeness (QED) is 0.688. The second-order valence-corrected chi connectivity index (χ2v) is 6.72. The maximum Gasteiger partial charge on any atom is 0.335 e. The monoisotopic (exact) mass is 393 g/mol. The van der Waals surface area contributed by atoms with Crippen LogP contribution in [0, 0.1) is 5.82 Å². The SMILES string of the molecule is O=C(O)c1cccc(Nc2cc(N3CCN(c4ccc(F)cc4)CC3)ncn2)c1. The average Bonchev–Trinajstić information content (AvgIpc) is 2.75. The number of nitrogens with one attached hydrogen (secondary N) is 1. The maximum atomic E-state index is 13.1. The van der Waals surface area contributed by atoms with Gasteiger partial charge in [-0.2, -0.15) is 0 Å². The van der Waals surface area contributed by atoms with E-state index in [2.05, 4.69) is 25.1 Å². The van der Waals surface area contributed by atoms with Gasteiger partial charge >= 0.3 is 5.97 Å². The molecule has 1 saturated heterocycles. The fourth-order valence-electron chi connectivity index (χ4n) is 3.31. The Morgan fingerprint density at radius 3 is 2.41 bits per heavy atom. The molecule has 8 heteroatoms. The molecule has 2 aromatic carbocycles. The lowest BCUT2D eigenvalue weighted by atomic mass is 10.2. The lowest BCUT2D eigenvalue weighted by molar-refractivity contribution is 0.0697. The van der Waals surface area contributed by atoms with Crippen molar-refractivity contribution < 1.29 is 14.3 Å². The molecule has 3 aromatic rings. The first kappa shape index (κ1) is 18.7. The molecule has 0 radical (unpaired) electrons. The minimum absolute atomic E-state index is 0.209. The van der Waals surface area contributed by atoms with Crippen molar-refractivity contribution in [3.63, 3.8) is 0 Å². The van der Waals surface area contributed by atoms with E-state index in [-0.39, 0.29) is 11.4 Å². The zero-order valence-electron chi connectivity index (χ0n) is 15.6. The third-order valence-corrected chi connectivity index (χ3v) is 4.83. The average molecular weight is 393 g/mol. The fraction of sp³-hybridized carbons (Fsp3) is 0.190. The Morgan fingerprint density at radius 2 is 1.69 bits per heavy atom. The Kier molecular flexibility index (Phi) is 5.24. The number of carboxylic acids is 1. The fourth-order valence-corrected chi connectivity index (χ4v) is 3.31. The van der Waals surface area contributed by atoms with Gasteiger partial charge < -0.3 is 20.2 Å². The molecule has 1 fully saturated rings. The number of halogens is 1. The van der Waals surface area contributed by atoms with Crippen molar-refractivity contribution >= 4 is 29.0 Å². The molecule has 7 nitrogen and oxygen atoms in total. The summed E-state index contributed by atoms with van der Waals surface area (Å²) in [5.74, 6) is 0.187. The molecule has 0 spiro atoms. The van der Waals surface area contributed by atoms with Crippen molar-refractivity contribution in [2.45, 2.75) is 0 Å². The first-order chi connectivity index (χ1) is 14.1. The van der Waals surface area contributed by atoms with Crippen molar-refractivity contribution in [1.29, 1.82) is 0 Å². The summed E-state index contributed by atoms with van der Waals surface area (Å²) in [5, 5.41) is 12.3. The van der Waals surface area contributed by atoms with Crippen LogP contribution in [0.15, 0.2) is 60.9 Å². The number of hydrogen-bond donors (Lipinski definition) is 2. The first-order valence-corrected chi connectivity index (χ1v) is 9.26. The van der Waals surface area contributed by atoms with E-state index in [9.17, 15) is 9.18 Å². The lowest BCUT2D eigenvalue weighted by Crippen LogP contribution is -2.46. The standard InChI is InChI=1S/C21H20FN5O2/c22-16-4-6-18(7-5-16)26-8-10-27(11-9-26)20-13-19(23-14-24-20)25-17-3-1-2-15(12-17)21(28)29/h1-7,12-14H,8-11H2,(H,28,29)(H,23,24,25). The Bertz CT molecular complexity index is 1000. The van der Waals surface area contributed by atoms with Crippen molar-refractivity contribution in [3.05, 3.63) is 72.3 Å². The van der Waals surface area contributed by atoms with Crippen molar-refractivity contribution in [3.8, 4) is 0 Å². The lowest BCUT2D eigenvalue weighted by Gasteiger charge is -2.36. The Hall–Kier alpha value is -3.68. The third-order valence-electron chi connectivity index (χ3n) is 4.83. The summed E-state index contributed by atoms with van der Waals surface area (Å²) < 4.78 is 13.1. The summed E-state index contributed by atoms with van der Waals surface area (Å²) in [6.45, 7) is 3.17. The molecule has 4 rings (SSSR count). The highest BCUT2D eigenvalue weighted by atomic mass is 19.1. The number of carboxylic acid groups (broad SMARTS) is 1. The van der Waals surface area contributed by atoms with Crippen LogP contribution in [0.3, 0.4) is 0 Å². The molecule has 1 aliphatic heterocycles. The largest absolute Gasteiger partial charge is 0.478 e. The number of carbonyl (C=O) groups is 1. The van der Waals surface area contributed by atoms with Crippen molar-refractivity contribution in [1.82, 2.24) is 9.97 Å². The van der Waals surface area contributed by atoms with Crippen LogP contribution in [0.25, 0.3) is 0 Å². The molecular weight excluding hydrogens is 373 g/mol. The van der Waals surface area contributed by atoms with Crippen LogP contribution in [0.1, 0.15) is 10.4 Å². The highest BCUT2D eigenvalue weighted by molar-refractivity contribution is 5.89. The van der Waals surface area contributed by atoms with Gasteiger partial charge in [0.2, 0.25) is 0 Å². The van der Waals surface area contributed by atoms with Crippen LogP contribution in [-0.4, -0.2) is 47.2 Å². The number of hydrogen-bond acceptors (Lipinski definition) is 6. The van der Waals surface area contributed by atoms with Gasteiger partial charge in [-0.1, -0.05) is 6.07 Å². The smallest absolute Gasteiger partial charge is 0.335 e. The molecule has 0 amide bonds. The van der Waals surface area contributed by atoms with Gasteiger partial charge in [0.15, 0.2) is 0 Å². The van der Waals surface area contributed by atoms with Gasteiger partial charge in [-0.05, 0) is 42.5 Å². The number of rotatable bonds is 5. The topological polar surface area (TPSA) is 81.6 Å². The van der Waals surface area contributed by atoms with Crippen LogP contribution in [-0.2, 0) is 0 Å². The Balaban J connectivity index is 1.42. The predicted octanol–water partition coefficient (Wildman–Crippen LogP) is 3.38. The van der Waals surface area contributed by atoms with E-state index in [1.807, 2.05) is 6.07 Å². The highest BCUT2D eigenvalue weighted by Gasteiger charge is 2.19. The number of benzene rings is 2. The number of anilines is 4. The van der Waals surface area contributed by atoms with Crippen LogP contribution < -0.4 is 15.1 Å². The highest BCUT2D eigenvalue weighted by Crippen LogP contribution is 2.22. The van der Waals surface area contributed by atoms with Crippen LogP contribution in [0.5, 0.6) is 0 Å². The molecule has 1 aliphatic rings. The van der Waals surface area contributed by atoms with Gasteiger partial charge in [-0.25, -0.2) is 19.2 Å². The van der Waals surface area contributed by atoms with Crippen molar-refractivity contribution in [2.24, 2.45) is 0 Å². The number of nitrogens with zero attached hydrogens (tertiary/aromatic N) is 4. The maximum absolute atomic E-state index is 13.1. The van der Waals surface area contributed by atoms with E-state index in [0.29, 0.717) is 11.5 Å². The minimum Gasteiger partial charge on any atom is -0.478 e. The molecule has 148 valence electrons. The summed E-state index contributed by atoms with van der Waals surface area (Å²) in [5.41, 5.74) is 1.87. The van der Waals surface area contributed by atoms with Gasteiger partial charge in [0.1, 0.15) is 23.8 Å². The van der Waals surface area contributed by atoms with Crippen LogP contribution in [0.2, 0.25) is 0 Å². The molecule has 0 unspecified atom stereocenters. The van der Waals surface area contributed by atoms with Gasteiger partial charge in [0, 0.05) is 43.6 Å². The molecule has 2 N–H and O–H groups in total. The molecule has 0 aliphatic carbocycles. The van der Waals surface area contributed by atoms with Gasteiger partial charge in [0.25, 0.3) is 0 Å². The number of aromatic nitrogens is 2. The van der Waals surface area contributed by atoms with E-state index in [1.54, 1.807) is 36.4 Å². The zero-order valence-corrected chi connectivity index (χ0v) is 15.6. The van der Waals surface area contributed by atoms with E-state index < -0.39 is 5.97 Å². The van der Waals surface area contributed by atoms with Gasteiger partial charge in [-0.15, -0.1) is 0 Å². The molecule has 0 bridgehead atoms. The number of piperazine rings is 1. The summed E-state index contributed by atoms with van der Waals surface area (Å²) in [4.78, 5) is 24.1. The molecule has 0 saturated carbocycles. The normalized spacial score (nSPS) is 14.0. The first-order valence-electron chi connectivity index (χ1n) is 9.26.